The van der Waals surface area contributed by atoms with E-state index in [-0.39, 0.29) is 12.4 Å². The third kappa shape index (κ3) is 7.73. The highest BCUT2D eigenvalue weighted by molar-refractivity contribution is 6.38. The molecule has 8 N–H and O–H groups in total. The number of nitrogens with zero attached hydrogens (tertiary/aromatic N) is 1. The maximum atomic E-state index is 10.6. The normalized spacial score (nSPS) is 11.9. The Hall–Kier alpha value is -1.32. The predicted molar refractivity (Wildman–Crippen MR) is 54.7 cm³/mol. The lowest BCUT2D eigenvalue weighted by molar-refractivity contribution is -0.139. The summed E-state index contributed by atoms with van der Waals surface area (Å²) >= 11 is 0. The highest BCUT2D eigenvalue weighted by Crippen LogP contribution is 1.98. The zero-order chi connectivity index (χ0) is 11.8. The molecule has 15 heavy (non-hydrogen) atoms. The lowest BCUT2D eigenvalue weighted by Crippen LogP contribution is -2.46. The van der Waals surface area contributed by atoms with Crippen LogP contribution in [0.1, 0.15) is 12.8 Å². The molecule has 0 amide bonds. The van der Waals surface area contributed by atoms with Gasteiger partial charge in [-0.3, -0.25) is 15.0 Å². The average molecular weight is 218 g/mol. The van der Waals surface area contributed by atoms with Crippen molar-refractivity contribution in [2.75, 3.05) is 6.54 Å². The van der Waals surface area contributed by atoms with E-state index in [2.05, 4.69) is 10.2 Å². The van der Waals surface area contributed by atoms with Crippen LogP contribution in [0.25, 0.3) is 0 Å². The molecule has 8 nitrogen and oxygen atoms in total. The Labute approximate surface area is 87.1 Å². The van der Waals surface area contributed by atoms with Crippen molar-refractivity contribution in [3.63, 3.8) is 0 Å². The van der Waals surface area contributed by atoms with Gasteiger partial charge in [0, 0.05) is 6.54 Å². The van der Waals surface area contributed by atoms with Gasteiger partial charge in [0.1, 0.15) is 0 Å². The summed E-state index contributed by atoms with van der Waals surface area (Å²) in [4.78, 5) is 14.3. The van der Waals surface area contributed by atoms with E-state index in [1.807, 2.05) is 0 Å². The molecular weight excluding hydrogens is 203 g/mol. The Bertz CT molecular complexity index is 231. The first-order chi connectivity index (χ1) is 6.93. The van der Waals surface area contributed by atoms with Crippen LogP contribution < -0.4 is 16.7 Å². The van der Waals surface area contributed by atoms with Crippen LogP contribution in [0.15, 0.2) is 4.99 Å². The highest BCUT2D eigenvalue weighted by atomic mass is 16.4. The van der Waals surface area contributed by atoms with Crippen molar-refractivity contribution in [1.29, 1.82) is 0 Å². The molecule has 0 bridgehead atoms. The molecule has 0 saturated carbocycles. The topological polar surface area (TPSA) is 154 Å². The van der Waals surface area contributed by atoms with Crippen LogP contribution in [0, 0.1) is 0 Å². The first-order valence-corrected chi connectivity index (χ1v) is 4.34. The molecule has 0 aliphatic rings. The van der Waals surface area contributed by atoms with E-state index in [4.69, 9.17) is 26.6 Å². The summed E-state index contributed by atoms with van der Waals surface area (Å²) in [5.74, 6) is -1.22. The van der Waals surface area contributed by atoms with Gasteiger partial charge in [-0.15, -0.1) is 0 Å². The molecule has 0 aromatic heterocycles. The van der Waals surface area contributed by atoms with Crippen LogP contribution >= 0.6 is 0 Å². The van der Waals surface area contributed by atoms with Crippen molar-refractivity contribution in [2.24, 2.45) is 16.5 Å². The van der Waals surface area contributed by atoms with Gasteiger partial charge in [0.25, 0.3) is 0 Å². The molecule has 9 heteroatoms. The van der Waals surface area contributed by atoms with E-state index in [0.29, 0.717) is 13.0 Å². The molecule has 0 aromatic rings. The Morgan fingerprint density at radius 2 is 2.07 bits per heavy atom. The first kappa shape index (κ1) is 13.7. The standard InChI is InChI=1S/C6H15BN4O4/c8-6(9)10-3-1-2-4(5(12)13)11-7(14)15/h4,11,14-15H,1-3H2,(H,12,13)(H4,8,9,10)/t4-/m0/s1. The number of nitrogens with one attached hydrogen (secondary N) is 1. The van der Waals surface area contributed by atoms with Crippen LogP contribution in [-0.2, 0) is 4.79 Å². The molecular formula is C6H15BN4O4. The van der Waals surface area contributed by atoms with Crippen molar-refractivity contribution in [2.45, 2.75) is 18.9 Å². The van der Waals surface area contributed by atoms with Crippen molar-refractivity contribution in [3.05, 3.63) is 0 Å². The summed E-state index contributed by atoms with van der Waals surface area (Å²) < 4.78 is 0. The quantitative estimate of drug-likeness (QED) is 0.115. The van der Waals surface area contributed by atoms with Gasteiger partial charge in [-0.1, -0.05) is 0 Å². The lowest BCUT2D eigenvalue weighted by Gasteiger charge is -2.12. The van der Waals surface area contributed by atoms with Gasteiger partial charge in [0.2, 0.25) is 0 Å². The zero-order valence-corrected chi connectivity index (χ0v) is 8.13. The Morgan fingerprint density at radius 1 is 1.47 bits per heavy atom. The largest absolute Gasteiger partial charge is 0.549 e. The maximum Gasteiger partial charge on any atom is 0.549 e. The summed E-state index contributed by atoms with van der Waals surface area (Å²) in [5.41, 5.74) is 10.1. The Balaban J connectivity index is 3.87. The van der Waals surface area contributed by atoms with Crippen LogP contribution in [0.3, 0.4) is 0 Å². The second kappa shape index (κ2) is 7.04. The van der Waals surface area contributed by atoms with Crippen molar-refractivity contribution in [3.8, 4) is 0 Å². The fourth-order valence-corrected chi connectivity index (χ4v) is 0.962. The zero-order valence-electron chi connectivity index (χ0n) is 8.13. The fraction of sp³-hybridized carbons (Fsp3) is 0.667. The monoisotopic (exact) mass is 218 g/mol. The second-order valence-corrected chi connectivity index (χ2v) is 2.88. The summed E-state index contributed by atoms with van der Waals surface area (Å²) in [6, 6.07) is -1.03. The van der Waals surface area contributed by atoms with E-state index >= 15 is 0 Å². The molecule has 0 aromatic carbocycles. The molecule has 1 atom stereocenters. The number of nitrogens with two attached hydrogens (primary N) is 2. The Morgan fingerprint density at radius 3 is 2.47 bits per heavy atom. The smallest absolute Gasteiger partial charge is 0.480 e. The molecule has 0 unspecified atom stereocenters. The second-order valence-electron chi connectivity index (χ2n) is 2.88. The predicted octanol–water partition coefficient (Wildman–Crippen LogP) is -2.95. The summed E-state index contributed by atoms with van der Waals surface area (Å²) in [6.07, 6.45) is 0.623. The van der Waals surface area contributed by atoms with Crippen molar-refractivity contribution >= 4 is 19.2 Å². The number of hydrogen-bond acceptors (Lipinski definition) is 5. The van der Waals surface area contributed by atoms with Gasteiger partial charge in [0.05, 0.1) is 6.04 Å². The minimum atomic E-state index is -1.85. The number of hydrogen-bond donors (Lipinski definition) is 6. The summed E-state index contributed by atoms with van der Waals surface area (Å²) in [6.45, 7) is 0.301. The number of rotatable bonds is 7. The number of carboxylic acids is 1. The SMILES string of the molecule is NC(N)=NCCC[C@H](NB(O)O)C(=O)O. The van der Waals surface area contributed by atoms with E-state index in [1.54, 1.807) is 0 Å². The van der Waals surface area contributed by atoms with E-state index in [1.165, 1.54) is 0 Å². The number of carbonyl (C=O) groups is 1. The van der Waals surface area contributed by atoms with Gasteiger partial charge in [-0.25, -0.2) is 0 Å². The lowest BCUT2D eigenvalue weighted by atomic mass is 10.0. The highest BCUT2D eigenvalue weighted by Gasteiger charge is 2.21. The van der Waals surface area contributed by atoms with E-state index < -0.39 is 19.3 Å². The molecule has 0 heterocycles. The summed E-state index contributed by atoms with van der Waals surface area (Å²) in [5, 5.41) is 27.8. The Kier molecular flexibility index (Phi) is 6.42. The van der Waals surface area contributed by atoms with Crippen molar-refractivity contribution < 1.29 is 19.9 Å². The minimum Gasteiger partial charge on any atom is -0.480 e. The molecule has 86 valence electrons. The van der Waals surface area contributed by atoms with Gasteiger partial charge < -0.3 is 26.6 Å². The van der Waals surface area contributed by atoms with Crippen molar-refractivity contribution in [1.82, 2.24) is 5.23 Å². The number of guanidine groups is 1. The molecule has 0 aliphatic heterocycles. The van der Waals surface area contributed by atoms with Crippen LogP contribution in [-0.4, -0.2) is 46.9 Å². The van der Waals surface area contributed by atoms with Crippen LogP contribution in [0.4, 0.5) is 0 Å². The minimum absolute atomic E-state index is 0.0583. The van der Waals surface area contributed by atoms with E-state index in [9.17, 15) is 4.79 Å². The fourth-order valence-electron chi connectivity index (χ4n) is 0.962. The van der Waals surface area contributed by atoms with Gasteiger partial charge in [0.15, 0.2) is 5.96 Å². The van der Waals surface area contributed by atoms with Gasteiger partial charge >= 0.3 is 13.2 Å². The third-order valence-electron chi connectivity index (χ3n) is 1.59. The number of aliphatic carboxylic acids is 1. The number of carboxylic acid groups (broad SMARTS) is 1. The van der Waals surface area contributed by atoms with E-state index in [0.717, 1.165) is 0 Å². The van der Waals surface area contributed by atoms with Crippen LogP contribution in [0.2, 0.25) is 0 Å². The summed E-state index contributed by atoms with van der Waals surface area (Å²) in [7, 11) is -1.85. The first-order valence-electron chi connectivity index (χ1n) is 4.34. The molecule has 0 spiro atoms. The third-order valence-corrected chi connectivity index (χ3v) is 1.59. The molecule has 0 radical (unpaired) electrons. The molecule has 0 fully saturated rings. The maximum absolute atomic E-state index is 10.6. The van der Waals surface area contributed by atoms with Crippen LogP contribution in [0.5, 0.6) is 0 Å². The number of aliphatic imine (C=N–C) groups is 1. The van der Waals surface area contributed by atoms with Gasteiger partial charge in [-0.05, 0) is 12.8 Å². The molecule has 0 aliphatic carbocycles. The average Bonchev–Trinajstić information content (AvgIpc) is 2.08. The molecule has 0 rings (SSSR count). The molecule has 0 saturated heterocycles. The van der Waals surface area contributed by atoms with Gasteiger partial charge in [-0.2, -0.15) is 0 Å².